The van der Waals surface area contributed by atoms with Crippen molar-refractivity contribution in [3.8, 4) is 17.5 Å². The number of hydrogen-bond donors (Lipinski definition) is 1. The fourth-order valence-electron chi connectivity index (χ4n) is 4.44. The van der Waals surface area contributed by atoms with Crippen molar-refractivity contribution in [2.45, 2.75) is 32.7 Å². The van der Waals surface area contributed by atoms with Crippen LogP contribution in [0.25, 0.3) is 11.4 Å². The number of benzene rings is 2. The van der Waals surface area contributed by atoms with Gasteiger partial charge < -0.3 is 5.32 Å². The number of fused-ring (bicyclic) bond motifs is 1. The maximum Gasteiger partial charge on any atom is 0.226 e. The van der Waals surface area contributed by atoms with Crippen molar-refractivity contribution < 1.29 is 4.79 Å². The summed E-state index contributed by atoms with van der Waals surface area (Å²) in [5.41, 5.74) is 3.49. The van der Waals surface area contributed by atoms with Gasteiger partial charge in [-0.1, -0.05) is 49.2 Å². The number of anilines is 1. The van der Waals surface area contributed by atoms with Crippen molar-refractivity contribution >= 4 is 34.9 Å². The van der Waals surface area contributed by atoms with Crippen LogP contribution in [-0.4, -0.2) is 20.5 Å². The SMILES string of the molecule is CC1(C)CC(=O)C2=C(C1)Nc1nc(-c3ccc(Cl)cc3Cl)nn1C2c1ccc(C#N)cc1. The van der Waals surface area contributed by atoms with Crippen molar-refractivity contribution in [1.29, 1.82) is 5.26 Å². The van der Waals surface area contributed by atoms with Crippen molar-refractivity contribution in [3.63, 3.8) is 0 Å². The van der Waals surface area contributed by atoms with Gasteiger partial charge in [0, 0.05) is 28.3 Å². The van der Waals surface area contributed by atoms with E-state index in [1.807, 2.05) is 12.1 Å². The predicted molar refractivity (Wildman–Crippen MR) is 123 cm³/mol. The van der Waals surface area contributed by atoms with E-state index in [2.05, 4.69) is 25.2 Å². The Labute approximate surface area is 195 Å². The number of carbonyl (C=O) groups is 1. The fourth-order valence-corrected chi connectivity index (χ4v) is 4.94. The molecule has 0 spiro atoms. The Morgan fingerprint density at radius 2 is 1.91 bits per heavy atom. The molecular weight excluding hydrogens is 445 g/mol. The first-order chi connectivity index (χ1) is 15.3. The zero-order chi connectivity index (χ0) is 22.6. The minimum atomic E-state index is -0.440. The quantitative estimate of drug-likeness (QED) is 0.520. The van der Waals surface area contributed by atoms with Gasteiger partial charge in [0.05, 0.1) is 16.7 Å². The molecule has 2 heterocycles. The third-order valence-electron chi connectivity index (χ3n) is 5.86. The lowest BCUT2D eigenvalue weighted by Gasteiger charge is -2.38. The summed E-state index contributed by atoms with van der Waals surface area (Å²) in [6.07, 6.45) is 1.19. The molecule has 32 heavy (non-hydrogen) atoms. The summed E-state index contributed by atoms with van der Waals surface area (Å²) in [6.45, 7) is 4.18. The van der Waals surface area contributed by atoms with Crippen LogP contribution < -0.4 is 5.32 Å². The van der Waals surface area contributed by atoms with Crippen LogP contribution in [0, 0.1) is 16.7 Å². The zero-order valence-electron chi connectivity index (χ0n) is 17.5. The Bertz CT molecular complexity index is 1330. The van der Waals surface area contributed by atoms with E-state index >= 15 is 0 Å². The molecule has 2 aliphatic rings. The molecular formula is C24H19Cl2N5O. The van der Waals surface area contributed by atoms with Crippen LogP contribution in [0.1, 0.15) is 43.9 Å². The third kappa shape index (κ3) is 3.48. The number of allylic oxidation sites excluding steroid dienone is 2. The lowest BCUT2D eigenvalue weighted by molar-refractivity contribution is -0.118. The number of nitriles is 1. The molecule has 0 bridgehead atoms. The van der Waals surface area contributed by atoms with Crippen molar-refractivity contribution in [2.24, 2.45) is 5.41 Å². The van der Waals surface area contributed by atoms with E-state index in [4.69, 9.17) is 33.3 Å². The van der Waals surface area contributed by atoms with Crippen molar-refractivity contribution in [1.82, 2.24) is 14.8 Å². The standard InChI is InChI=1S/C24H19Cl2N5O/c1-24(2)10-18-20(19(32)11-24)21(14-5-3-13(12-27)4-6-14)31-23(28-18)29-22(30-31)16-8-7-15(25)9-17(16)26/h3-9,21H,10-11H2,1-2H3,(H,28,29,30). The lowest BCUT2D eigenvalue weighted by atomic mass is 9.73. The number of ketones is 1. The summed E-state index contributed by atoms with van der Waals surface area (Å²) in [5, 5.41) is 18.3. The number of carbonyl (C=O) groups excluding carboxylic acids is 1. The van der Waals surface area contributed by atoms with Crippen molar-refractivity contribution in [2.75, 3.05) is 5.32 Å². The summed E-state index contributed by atoms with van der Waals surface area (Å²) >= 11 is 12.5. The van der Waals surface area contributed by atoms with Crippen LogP contribution in [0.15, 0.2) is 53.7 Å². The molecule has 0 saturated carbocycles. The van der Waals surface area contributed by atoms with E-state index in [9.17, 15) is 10.1 Å². The fraction of sp³-hybridized carbons (Fsp3) is 0.250. The zero-order valence-corrected chi connectivity index (χ0v) is 19.0. The lowest BCUT2D eigenvalue weighted by Crippen LogP contribution is -2.36. The molecule has 0 fully saturated rings. The van der Waals surface area contributed by atoms with E-state index in [0.717, 1.165) is 17.7 Å². The number of nitrogens with one attached hydrogen (secondary N) is 1. The Morgan fingerprint density at radius 3 is 2.59 bits per heavy atom. The van der Waals surface area contributed by atoms with Gasteiger partial charge in [-0.25, -0.2) is 4.68 Å². The van der Waals surface area contributed by atoms with Gasteiger partial charge in [0.25, 0.3) is 0 Å². The van der Waals surface area contributed by atoms with Crippen LogP contribution in [0.5, 0.6) is 0 Å². The molecule has 160 valence electrons. The number of halogens is 2. The van der Waals surface area contributed by atoms with E-state index in [0.29, 0.717) is 44.9 Å². The van der Waals surface area contributed by atoms with E-state index in [1.165, 1.54) is 0 Å². The van der Waals surface area contributed by atoms with Gasteiger partial charge in [0.1, 0.15) is 6.04 Å². The third-order valence-corrected chi connectivity index (χ3v) is 6.41. The number of hydrogen-bond acceptors (Lipinski definition) is 5. The monoisotopic (exact) mass is 463 g/mol. The highest BCUT2D eigenvalue weighted by Crippen LogP contribution is 2.46. The molecule has 0 saturated heterocycles. The molecule has 2 aromatic carbocycles. The first-order valence-corrected chi connectivity index (χ1v) is 11.0. The van der Waals surface area contributed by atoms with E-state index in [1.54, 1.807) is 35.0 Å². The van der Waals surface area contributed by atoms with Crippen LogP contribution in [0.3, 0.4) is 0 Å². The second-order valence-corrected chi connectivity index (χ2v) is 9.77. The summed E-state index contributed by atoms with van der Waals surface area (Å²) in [7, 11) is 0. The maximum absolute atomic E-state index is 13.3. The molecule has 1 aromatic heterocycles. The van der Waals surface area contributed by atoms with Crippen molar-refractivity contribution in [3.05, 3.63) is 74.9 Å². The maximum atomic E-state index is 13.3. The molecule has 3 aromatic rings. The average Bonchev–Trinajstić information content (AvgIpc) is 3.14. The molecule has 0 radical (unpaired) electrons. The molecule has 1 aliphatic carbocycles. The second kappa shape index (κ2) is 7.47. The molecule has 1 N–H and O–H groups in total. The van der Waals surface area contributed by atoms with Crippen LogP contribution in [0.2, 0.25) is 10.0 Å². The molecule has 1 aliphatic heterocycles. The smallest absolute Gasteiger partial charge is 0.226 e. The summed E-state index contributed by atoms with van der Waals surface area (Å²) in [6, 6.07) is 14.1. The van der Waals surface area contributed by atoms with Gasteiger partial charge in [0.15, 0.2) is 11.6 Å². The number of aromatic nitrogens is 3. The normalized spacial score (nSPS) is 19.1. The Balaban J connectivity index is 1.68. The molecule has 1 unspecified atom stereocenters. The Kier molecular flexibility index (Phi) is 4.85. The first-order valence-electron chi connectivity index (χ1n) is 10.2. The molecule has 0 amide bonds. The largest absolute Gasteiger partial charge is 0.328 e. The van der Waals surface area contributed by atoms with Gasteiger partial charge in [-0.15, -0.1) is 5.10 Å². The van der Waals surface area contributed by atoms with Gasteiger partial charge in [0.2, 0.25) is 5.95 Å². The molecule has 5 rings (SSSR count). The second-order valence-electron chi connectivity index (χ2n) is 8.92. The molecule has 8 heteroatoms. The summed E-state index contributed by atoms with van der Waals surface area (Å²) in [5.74, 6) is 1.08. The summed E-state index contributed by atoms with van der Waals surface area (Å²) < 4.78 is 1.73. The topological polar surface area (TPSA) is 83.6 Å². The molecule has 1 atom stereocenters. The van der Waals surface area contributed by atoms with Crippen LogP contribution in [-0.2, 0) is 4.79 Å². The molecule has 6 nitrogen and oxygen atoms in total. The van der Waals surface area contributed by atoms with Gasteiger partial charge in [-0.2, -0.15) is 10.2 Å². The summed E-state index contributed by atoms with van der Waals surface area (Å²) in [4.78, 5) is 18.0. The van der Waals surface area contributed by atoms with Gasteiger partial charge in [-0.3, -0.25) is 4.79 Å². The van der Waals surface area contributed by atoms with Crippen LogP contribution in [0.4, 0.5) is 5.95 Å². The number of nitrogens with zero attached hydrogens (tertiary/aromatic N) is 4. The van der Waals surface area contributed by atoms with Gasteiger partial charge >= 0.3 is 0 Å². The minimum Gasteiger partial charge on any atom is -0.328 e. The van der Waals surface area contributed by atoms with Gasteiger partial charge in [-0.05, 0) is 47.7 Å². The Morgan fingerprint density at radius 1 is 1.16 bits per heavy atom. The van der Waals surface area contributed by atoms with E-state index in [-0.39, 0.29) is 11.2 Å². The number of Topliss-reactive ketones (excluding diaryl/α,β-unsaturated/α-hetero) is 1. The van der Waals surface area contributed by atoms with Crippen LogP contribution >= 0.6 is 23.2 Å². The first kappa shape index (κ1) is 20.7. The average molecular weight is 464 g/mol. The minimum absolute atomic E-state index is 0.0883. The number of rotatable bonds is 2. The Hall–Kier alpha value is -3.14. The highest BCUT2D eigenvalue weighted by atomic mass is 35.5. The van der Waals surface area contributed by atoms with E-state index < -0.39 is 6.04 Å². The predicted octanol–water partition coefficient (Wildman–Crippen LogP) is 5.78. The highest BCUT2D eigenvalue weighted by molar-refractivity contribution is 6.36. The highest BCUT2D eigenvalue weighted by Gasteiger charge is 2.42.